The number of carbonyl (C=O) groups is 2. The van der Waals surface area contributed by atoms with E-state index in [1.165, 1.54) is 116 Å². The highest BCUT2D eigenvalue weighted by Gasteiger charge is 2.16. The Bertz CT molecular complexity index is 930. The summed E-state index contributed by atoms with van der Waals surface area (Å²) in [6.07, 6.45) is 57.2. The largest absolute Gasteiger partial charge is 0.462 e. The summed E-state index contributed by atoms with van der Waals surface area (Å²) < 4.78 is 10.6. The summed E-state index contributed by atoms with van der Waals surface area (Å²) in [5.41, 5.74) is 0. The number of hydrogen-bond donors (Lipinski definition) is 1. The highest BCUT2D eigenvalue weighted by atomic mass is 16.6. The van der Waals surface area contributed by atoms with Crippen molar-refractivity contribution in [3.8, 4) is 0 Å². The maximum absolute atomic E-state index is 12.2. The van der Waals surface area contributed by atoms with Gasteiger partial charge in [0, 0.05) is 12.8 Å². The molecule has 0 fully saturated rings. The van der Waals surface area contributed by atoms with Crippen LogP contribution >= 0.6 is 0 Å². The lowest BCUT2D eigenvalue weighted by Crippen LogP contribution is -2.28. The van der Waals surface area contributed by atoms with E-state index in [-0.39, 0.29) is 25.2 Å². The molecule has 1 unspecified atom stereocenters. The molecule has 1 atom stereocenters. The fraction of sp³-hybridized carbons (Fsp3) is 0.750. The quantitative estimate of drug-likeness (QED) is 0.0385. The molecule has 0 aliphatic carbocycles. The van der Waals surface area contributed by atoms with Crippen molar-refractivity contribution >= 4 is 11.9 Å². The van der Waals surface area contributed by atoms with Crippen molar-refractivity contribution in [1.82, 2.24) is 0 Å². The first-order chi connectivity index (χ1) is 26.1. The van der Waals surface area contributed by atoms with Gasteiger partial charge >= 0.3 is 11.9 Å². The van der Waals surface area contributed by atoms with Gasteiger partial charge in [0.15, 0.2) is 6.10 Å². The molecule has 0 bridgehead atoms. The maximum Gasteiger partial charge on any atom is 0.306 e. The molecule has 0 heterocycles. The molecule has 0 aliphatic heterocycles. The van der Waals surface area contributed by atoms with E-state index in [9.17, 15) is 14.7 Å². The number of unbranched alkanes of at least 4 members (excludes halogenated alkanes) is 22. The number of aliphatic hydroxyl groups excluding tert-OH is 1. The summed E-state index contributed by atoms with van der Waals surface area (Å²) in [6.45, 7) is 4.02. The van der Waals surface area contributed by atoms with Gasteiger partial charge < -0.3 is 14.6 Å². The lowest BCUT2D eigenvalue weighted by atomic mass is 10.0. The summed E-state index contributed by atoms with van der Waals surface area (Å²) in [5, 5.41) is 9.59. The van der Waals surface area contributed by atoms with Crippen LogP contribution in [0.2, 0.25) is 0 Å². The molecule has 0 spiro atoms. The van der Waals surface area contributed by atoms with Crippen molar-refractivity contribution in [2.24, 2.45) is 0 Å². The Morgan fingerprint density at radius 1 is 0.453 bits per heavy atom. The summed E-state index contributed by atoms with van der Waals surface area (Å²) >= 11 is 0. The van der Waals surface area contributed by atoms with Crippen LogP contribution in [-0.2, 0) is 19.1 Å². The summed E-state index contributed by atoms with van der Waals surface area (Å²) in [4.78, 5) is 24.3. The third-order valence-electron chi connectivity index (χ3n) is 9.55. The van der Waals surface area contributed by atoms with Gasteiger partial charge in [-0.3, -0.25) is 9.59 Å². The van der Waals surface area contributed by atoms with Gasteiger partial charge in [-0.25, -0.2) is 0 Å². The van der Waals surface area contributed by atoms with Crippen molar-refractivity contribution in [1.29, 1.82) is 0 Å². The average Bonchev–Trinajstić information content (AvgIpc) is 3.16. The van der Waals surface area contributed by atoms with E-state index in [1.54, 1.807) is 0 Å². The van der Waals surface area contributed by atoms with E-state index < -0.39 is 6.10 Å². The first kappa shape index (κ1) is 50.6. The summed E-state index contributed by atoms with van der Waals surface area (Å²) in [7, 11) is 0. The van der Waals surface area contributed by atoms with Gasteiger partial charge in [0.25, 0.3) is 0 Å². The summed E-state index contributed by atoms with van der Waals surface area (Å²) in [5.74, 6) is -0.604. The molecule has 306 valence electrons. The molecule has 53 heavy (non-hydrogen) atoms. The van der Waals surface area contributed by atoms with Crippen molar-refractivity contribution in [3.05, 3.63) is 60.8 Å². The van der Waals surface area contributed by atoms with Gasteiger partial charge in [0.2, 0.25) is 0 Å². The van der Waals surface area contributed by atoms with Gasteiger partial charge in [-0.05, 0) is 77.0 Å². The summed E-state index contributed by atoms with van der Waals surface area (Å²) in [6, 6.07) is 0. The number of allylic oxidation sites excluding steroid dienone is 10. The molecular weight excluding hydrogens is 657 g/mol. The topological polar surface area (TPSA) is 72.8 Å². The Labute approximate surface area is 328 Å². The second-order valence-corrected chi connectivity index (χ2v) is 14.7. The molecule has 0 aromatic rings. The zero-order valence-electron chi connectivity index (χ0n) is 34.8. The van der Waals surface area contributed by atoms with Crippen LogP contribution in [0.4, 0.5) is 0 Å². The van der Waals surface area contributed by atoms with Gasteiger partial charge in [0.05, 0.1) is 6.61 Å². The van der Waals surface area contributed by atoms with Crippen LogP contribution in [-0.4, -0.2) is 36.4 Å². The van der Waals surface area contributed by atoms with Gasteiger partial charge in [0.1, 0.15) is 6.61 Å². The first-order valence-corrected chi connectivity index (χ1v) is 22.3. The molecule has 0 amide bonds. The zero-order chi connectivity index (χ0) is 38.6. The Hall–Kier alpha value is -2.40. The van der Waals surface area contributed by atoms with E-state index in [2.05, 4.69) is 74.6 Å². The zero-order valence-corrected chi connectivity index (χ0v) is 34.8. The van der Waals surface area contributed by atoms with Crippen LogP contribution in [0.1, 0.15) is 213 Å². The average molecular weight is 741 g/mol. The number of aliphatic hydroxyl groups is 1. The molecule has 0 rings (SSSR count). The predicted octanol–water partition coefficient (Wildman–Crippen LogP) is 14.3. The standard InChI is InChI=1S/C48H84O5/c1-3-5-7-9-11-13-15-17-19-21-22-23-24-25-26-27-29-31-33-35-37-39-41-43-48(51)53-46(44-49)45-52-47(50)42-40-38-36-34-32-30-28-20-18-16-14-12-10-8-6-4-2/h5,7,11,13,17,19-20,22-23,28,46,49H,3-4,6,8-10,12,14-16,18,21,24-27,29-45H2,1-2H3/b7-5-,13-11-,19-17-,23-22-,28-20-. The number of ether oxygens (including phenoxy) is 2. The number of carbonyl (C=O) groups excluding carboxylic acids is 2. The SMILES string of the molecule is CC/C=C\C/C=C\C/C=C\C/C=C\CCCCCCCCCCCCC(=O)OC(CO)COC(=O)CCCCCCC/C=C\CCCCCCCCC. The second kappa shape index (κ2) is 44.0. The number of hydrogen-bond acceptors (Lipinski definition) is 5. The lowest BCUT2D eigenvalue weighted by molar-refractivity contribution is -0.161. The Kier molecular flexibility index (Phi) is 42.0. The van der Waals surface area contributed by atoms with Crippen LogP contribution in [0.15, 0.2) is 60.8 Å². The molecule has 0 aromatic heterocycles. The molecule has 5 nitrogen and oxygen atoms in total. The fourth-order valence-electron chi connectivity index (χ4n) is 6.19. The maximum atomic E-state index is 12.2. The third kappa shape index (κ3) is 42.2. The molecule has 1 N–H and O–H groups in total. The van der Waals surface area contributed by atoms with E-state index in [1.807, 2.05) is 0 Å². The van der Waals surface area contributed by atoms with Crippen LogP contribution in [0.3, 0.4) is 0 Å². The molecular formula is C48H84O5. The van der Waals surface area contributed by atoms with Gasteiger partial charge in [-0.1, -0.05) is 184 Å². The molecule has 0 saturated carbocycles. The molecule has 0 radical (unpaired) electrons. The van der Waals surface area contributed by atoms with Gasteiger partial charge in [-0.2, -0.15) is 0 Å². The monoisotopic (exact) mass is 741 g/mol. The fourth-order valence-corrected chi connectivity index (χ4v) is 6.19. The number of esters is 2. The van der Waals surface area contributed by atoms with E-state index in [4.69, 9.17) is 9.47 Å². The minimum absolute atomic E-state index is 0.0727. The van der Waals surface area contributed by atoms with Crippen LogP contribution in [0.25, 0.3) is 0 Å². The number of rotatable bonds is 40. The molecule has 0 aromatic carbocycles. The lowest BCUT2D eigenvalue weighted by Gasteiger charge is -2.15. The second-order valence-electron chi connectivity index (χ2n) is 14.7. The van der Waals surface area contributed by atoms with E-state index in [0.29, 0.717) is 12.8 Å². The Morgan fingerprint density at radius 3 is 1.25 bits per heavy atom. The Morgan fingerprint density at radius 2 is 0.811 bits per heavy atom. The van der Waals surface area contributed by atoms with Crippen molar-refractivity contribution in [3.63, 3.8) is 0 Å². The van der Waals surface area contributed by atoms with E-state index >= 15 is 0 Å². The first-order valence-electron chi connectivity index (χ1n) is 22.3. The highest BCUT2D eigenvalue weighted by molar-refractivity contribution is 5.70. The smallest absolute Gasteiger partial charge is 0.306 e. The molecule has 5 heteroatoms. The van der Waals surface area contributed by atoms with Crippen LogP contribution < -0.4 is 0 Å². The highest BCUT2D eigenvalue weighted by Crippen LogP contribution is 2.14. The minimum atomic E-state index is -0.779. The normalized spacial score (nSPS) is 12.7. The van der Waals surface area contributed by atoms with Crippen molar-refractivity contribution in [2.45, 2.75) is 219 Å². The van der Waals surface area contributed by atoms with Crippen molar-refractivity contribution < 1.29 is 24.2 Å². The molecule has 0 saturated heterocycles. The van der Waals surface area contributed by atoms with Gasteiger partial charge in [-0.15, -0.1) is 0 Å². The van der Waals surface area contributed by atoms with Crippen LogP contribution in [0, 0.1) is 0 Å². The minimum Gasteiger partial charge on any atom is -0.462 e. The van der Waals surface area contributed by atoms with Crippen LogP contribution in [0.5, 0.6) is 0 Å². The predicted molar refractivity (Wildman–Crippen MR) is 228 cm³/mol. The third-order valence-corrected chi connectivity index (χ3v) is 9.55. The van der Waals surface area contributed by atoms with E-state index in [0.717, 1.165) is 70.6 Å². The Balaban J connectivity index is 3.55. The molecule has 0 aliphatic rings. The van der Waals surface area contributed by atoms with Crippen molar-refractivity contribution in [2.75, 3.05) is 13.2 Å².